The van der Waals surface area contributed by atoms with Crippen LogP contribution in [0.1, 0.15) is 74.8 Å². The van der Waals surface area contributed by atoms with Crippen LogP contribution in [0.15, 0.2) is 66.7 Å². The third kappa shape index (κ3) is 9.79. The molecule has 1 fully saturated rings. The molecule has 2 aliphatic heterocycles. The third-order valence-corrected chi connectivity index (χ3v) is 11.5. The minimum atomic E-state index is -3.34. The zero-order chi connectivity index (χ0) is 36.1. The second-order valence-electron chi connectivity index (χ2n) is 13.8. The first-order valence-electron chi connectivity index (χ1n) is 17.2. The van der Waals surface area contributed by atoms with Crippen LogP contribution in [0.2, 0.25) is 10.0 Å². The lowest BCUT2D eigenvalue weighted by Gasteiger charge is -2.51. The van der Waals surface area contributed by atoms with E-state index in [2.05, 4.69) is 4.72 Å². The molecule has 9 nitrogen and oxygen atoms in total. The van der Waals surface area contributed by atoms with Gasteiger partial charge in [0, 0.05) is 41.2 Å². The van der Waals surface area contributed by atoms with Gasteiger partial charge < -0.3 is 19.5 Å². The van der Waals surface area contributed by atoms with Crippen LogP contribution < -0.4 is 9.46 Å². The average Bonchev–Trinajstić information content (AvgIpc) is 3.05. The van der Waals surface area contributed by atoms with Crippen molar-refractivity contribution in [2.75, 3.05) is 18.8 Å². The van der Waals surface area contributed by atoms with Crippen molar-refractivity contribution in [3.8, 4) is 5.75 Å². The maximum atomic E-state index is 14.6. The van der Waals surface area contributed by atoms with Gasteiger partial charge in [-0.2, -0.15) is 0 Å². The van der Waals surface area contributed by atoms with Crippen LogP contribution in [0, 0.1) is 11.8 Å². The van der Waals surface area contributed by atoms with Crippen molar-refractivity contribution in [1.29, 1.82) is 0 Å². The molecule has 0 bridgehead atoms. The number of hydrogen-bond donors (Lipinski definition) is 2. The van der Waals surface area contributed by atoms with Crippen molar-refractivity contribution >= 4 is 45.1 Å². The molecule has 3 aromatic rings. The van der Waals surface area contributed by atoms with E-state index in [4.69, 9.17) is 32.7 Å². The number of halogens is 2. The van der Waals surface area contributed by atoms with E-state index in [-0.39, 0.29) is 43.6 Å². The minimum absolute atomic E-state index is 0.0312. The number of carboxylic acid groups (broad SMARTS) is 1. The Morgan fingerprint density at radius 3 is 2.38 bits per heavy atom. The largest absolute Gasteiger partial charge is 0.487 e. The number of nitrogens with one attached hydrogen (secondary N) is 1. The summed E-state index contributed by atoms with van der Waals surface area (Å²) in [6, 6.07) is 20.6. The van der Waals surface area contributed by atoms with E-state index in [1.165, 1.54) is 0 Å². The Balaban J connectivity index is 1.46. The first-order chi connectivity index (χ1) is 23.7. The molecule has 270 valence electrons. The summed E-state index contributed by atoms with van der Waals surface area (Å²) in [5, 5.41) is 10.7. The molecule has 1 saturated heterocycles. The third-order valence-electron chi connectivity index (χ3n) is 9.61. The van der Waals surface area contributed by atoms with Crippen molar-refractivity contribution in [3.05, 3.63) is 99.0 Å². The molecule has 4 atom stereocenters. The van der Waals surface area contributed by atoms with E-state index in [0.29, 0.717) is 41.5 Å². The Labute approximate surface area is 305 Å². The summed E-state index contributed by atoms with van der Waals surface area (Å²) in [6.45, 7) is 6.48. The Morgan fingerprint density at radius 2 is 1.70 bits per heavy atom. The van der Waals surface area contributed by atoms with Gasteiger partial charge in [-0.1, -0.05) is 66.9 Å². The predicted molar refractivity (Wildman–Crippen MR) is 195 cm³/mol. The van der Waals surface area contributed by atoms with Gasteiger partial charge in [0.25, 0.3) is 0 Å². The first-order valence-corrected chi connectivity index (χ1v) is 19.6. The fourth-order valence-corrected chi connectivity index (χ4v) is 8.64. The summed E-state index contributed by atoms with van der Waals surface area (Å²) in [6.07, 6.45) is 1.62. The summed E-state index contributed by atoms with van der Waals surface area (Å²) < 4.78 is 41.0. The number of carboxylic acids is 1. The van der Waals surface area contributed by atoms with Crippen LogP contribution >= 0.6 is 23.2 Å². The van der Waals surface area contributed by atoms with Crippen LogP contribution in [0.3, 0.4) is 0 Å². The number of carbonyl (C=O) groups is 2. The van der Waals surface area contributed by atoms with Gasteiger partial charge in [-0.05, 0) is 92.6 Å². The second kappa shape index (κ2) is 16.5. The first kappa shape index (κ1) is 38.1. The van der Waals surface area contributed by atoms with Gasteiger partial charge in [0.2, 0.25) is 15.9 Å². The molecule has 1 unspecified atom stereocenters. The van der Waals surface area contributed by atoms with Crippen molar-refractivity contribution in [2.45, 2.75) is 83.6 Å². The van der Waals surface area contributed by atoms with Crippen LogP contribution in [0.25, 0.3) is 0 Å². The van der Waals surface area contributed by atoms with E-state index in [9.17, 15) is 23.1 Å². The number of sulfonamides is 1. The number of rotatable bonds is 15. The van der Waals surface area contributed by atoms with E-state index >= 15 is 0 Å². The highest BCUT2D eigenvalue weighted by Crippen LogP contribution is 2.53. The van der Waals surface area contributed by atoms with Gasteiger partial charge in [-0.3, -0.25) is 9.59 Å². The molecule has 5 rings (SSSR count). The number of hydrogen-bond acceptors (Lipinski definition) is 6. The molecular formula is C38H46Cl2N2O7S. The minimum Gasteiger partial charge on any atom is -0.487 e. The van der Waals surface area contributed by atoms with Crippen LogP contribution in [0.4, 0.5) is 0 Å². The van der Waals surface area contributed by atoms with Gasteiger partial charge in [0.1, 0.15) is 11.4 Å². The maximum absolute atomic E-state index is 14.6. The zero-order valence-corrected chi connectivity index (χ0v) is 31.1. The van der Waals surface area contributed by atoms with Crippen LogP contribution in [0.5, 0.6) is 5.75 Å². The predicted octanol–water partition coefficient (Wildman–Crippen LogP) is 7.24. The normalized spacial score (nSPS) is 21.1. The summed E-state index contributed by atoms with van der Waals surface area (Å²) >= 11 is 12.6. The van der Waals surface area contributed by atoms with Crippen LogP contribution in [-0.2, 0) is 43.7 Å². The molecule has 0 saturated carbocycles. The smallest absolute Gasteiger partial charge is 0.305 e. The number of benzene rings is 3. The fraction of sp³-hybridized carbons (Fsp3) is 0.474. The quantitative estimate of drug-likeness (QED) is 0.168. The number of fused-ring (bicyclic) bond motifs is 3. The molecule has 0 aliphatic carbocycles. The molecular weight excluding hydrogens is 699 g/mol. The average molecular weight is 746 g/mol. The molecule has 0 radical (unpaired) electrons. The molecule has 2 N–H and O–H groups in total. The number of aliphatic carboxylic acids is 1. The molecule has 50 heavy (non-hydrogen) atoms. The van der Waals surface area contributed by atoms with Gasteiger partial charge in [0.15, 0.2) is 0 Å². The van der Waals surface area contributed by atoms with Gasteiger partial charge in [-0.25, -0.2) is 13.1 Å². The monoisotopic (exact) mass is 744 g/mol. The number of unbranched alkanes of at least 4 members (excludes halogenated alkanes) is 1. The number of nitrogens with zero attached hydrogens (tertiary/aromatic N) is 1. The van der Waals surface area contributed by atoms with E-state index in [1.54, 1.807) is 23.1 Å². The molecule has 2 heterocycles. The lowest BCUT2D eigenvalue weighted by Crippen LogP contribution is -2.54. The summed E-state index contributed by atoms with van der Waals surface area (Å²) in [4.78, 5) is 27.9. The highest BCUT2D eigenvalue weighted by atomic mass is 35.5. The lowest BCUT2D eigenvalue weighted by molar-refractivity contribution is -0.184. The van der Waals surface area contributed by atoms with Crippen molar-refractivity contribution in [3.63, 3.8) is 0 Å². The molecule has 0 spiro atoms. The Hall–Kier alpha value is -3.15. The maximum Gasteiger partial charge on any atom is 0.305 e. The summed E-state index contributed by atoms with van der Waals surface area (Å²) in [5.41, 5.74) is 2.84. The number of ether oxygens (including phenoxy) is 2. The Kier molecular flexibility index (Phi) is 12.5. The lowest BCUT2D eigenvalue weighted by atomic mass is 9.70. The molecule has 12 heteroatoms. The molecule has 1 amide bonds. The zero-order valence-electron chi connectivity index (χ0n) is 28.7. The number of amides is 1. The van der Waals surface area contributed by atoms with E-state index < -0.39 is 39.7 Å². The van der Waals surface area contributed by atoms with Crippen LogP contribution in [-0.4, -0.2) is 60.8 Å². The van der Waals surface area contributed by atoms with Gasteiger partial charge in [-0.15, -0.1) is 0 Å². The second-order valence-corrected chi connectivity index (χ2v) is 16.6. The molecule has 3 aromatic carbocycles. The highest BCUT2D eigenvalue weighted by Gasteiger charge is 2.52. The molecule has 2 aliphatic rings. The van der Waals surface area contributed by atoms with E-state index in [1.807, 2.05) is 69.3 Å². The topological polar surface area (TPSA) is 122 Å². The summed E-state index contributed by atoms with van der Waals surface area (Å²) in [7, 11) is -3.34. The molecule has 0 aromatic heterocycles. The van der Waals surface area contributed by atoms with Crippen molar-refractivity contribution in [2.24, 2.45) is 11.8 Å². The fourth-order valence-electron chi connectivity index (χ4n) is 6.99. The van der Waals surface area contributed by atoms with E-state index in [0.717, 1.165) is 28.7 Å². The number of carbonyl (C=O) groups excluding carboxylic acids is 1. The van der Waals surface area contributed by atoms with Crippen molar-refractivity contribution < 1.29 is 32.6 Å². The van der Waals surface area contributed by atoms with Crippen molar-refractivity contribution in [1.82, 2.24) is 9.62 Å². The standard InChI is InChI=1S/C38H46Cl2N2O7S/c1-4-5-18-50(46,47)41-16-14-25-12-13-33-30(21-25)36-32(38(2,3)49-33)23-31(34(48-36)22-26-8-6-10-28(39)19-26)37(45)42(17-15-35(43)44)24-27-9-7-11-29(40)20-27/h6-13,19-21,31-32,34,36,41H,4-5,14-18,22-24H2,1-3H3,(H,43,44)/t31?,32-,34-,36+/m1/s1. The highest BCUT2D eigenvalue weighted by molar-refractivity contribution is 7.89. The SMILES string of the molecule is CCCCS(=O)(=O)NCCc1ccc2c(c1)[C@@H]1O[C@H](Cc3cccc(Cl)c3)C(C(=O)N(CCC(=O)O)Cc3cccc(Cl)c3)C[C@H]1C(C)(C)O2. The summed E-state index contributed by atoms with van der Waals surface area (Å²) in [5.74, 6) is -1.20. The van der Waals surface area contributed by atoms with Gasteiger partial charge >= 0.3 is 5.97 Å². The Bertz CT molecular complexity index is 1780. The van der Waals surface area contributed by atoms with Gasteiger partial charge in [0.05, 0.1) is 30.3 Å². The Morgan fingerprint density at radius 1 is 1.00 bits per heavy atom.